The third-order valence-electron chi connectivity index (χ3n) is 1.58. The Labute approximate surface area is 73.6 Å². The molecule has 0 spiro atoms. The van der Waals surface area contributed by atoms with Crippen molar-refractivity contribution >= 4 is 0 Å². The summed E-state index contributed by atoms with van der Waals surface area (Å²) >= 11 is 0. The van der Waals surface area contributed by atoms with Crippen LogP contribution in [0.2, 0.25) is 0 Å². The summed E-state index contributed by atoms with van der Waals surface area (Å²) in [6, 6.07) is 9.89. The predicted molar refractivity (Wildman–Crippen MR) is 50.5 cm³/mol. The molecule has 0 aliphatic rings. The normalized spacial score (nSPS) is 9.75. The zero-order valence-electron chi connectivity index (χ0n) is 7.42. The molecule has 1 aromatic rings. The lowest BCUT2D eigenvalue weighted by molar-refractivity contribution is 0.310. The minimum Gasteiger partial charge on any atom is -0.494 e. The minimum atomic E-state index is 0.783. The molecule has 2 nitrogen and oxygen atoms in total. The molecule has 12 heavy (non-hydrogen) atoms. The highest BCUT2D eigenvalue weighted by atomic mass is 16.5. The van der Waals surface area contributed by atoms with Crippen LogP contribution in [0.25, 0.3) is 0 Å². The van der Waals surface area contributed by atoms with Crippen molar-refractivity contribution in [3.63, 3.8) is 0 Å². The zero-order chi connectivity index (χ0) is 8.65. The lowest BCUT2D eigenvalue weighted by atomic mass is 10.3. The van der Waals surface area contributed by atoms with Crippen molar-refractivity contribution in [2.75, 3.05) is 20.2 Å². The van der Waals surface area contributed by atoms with Crippen molar-refractivity contribution in [1.82, 2.24) is 5.32 Å². The van der Waals surface area contributed by atoms with Gasteiger partial charge in [-0.2, -0.15) is 0 Å². The van der Waals surface area contributed by atoms with Crippen LogP contribution >= 0.6 is 0 Å². The van der Waals surface area contributed by atoms with Crippen LogP contribution in [0.1, 0.15) is 6.42 Å². The van der Waals surface area contributed by atoms with Gasteiger partial charge in [-0.3, -0.25) is 0 Å². The van der Waals surface area contributed by atoms with Crippen LogP contribution in [0.5, 0.6) is 5.75 Å². The monoisotopic (exact) mass is 165 g/mol. The first-order valence-electron chi connectivity index (χ1n) is 4.26. The zero-order valence-corrected chi connectivity index (χ0v) is 7.42. The van der Waals surface area contributed by atoms with Gasteiger partial charge in [0.25, 0.3) is 0 Å². The number of benzene rings is 1. The Morgan fingerprint density at radius 1 is 1.25 bits per heavy atom. The van der Waals surface area contributed by atoms with Crippen molar-refractivity contribution < 1.29 is 4.74 Å². The Balaban J connectivity index is 2.16. The van der Waals surface area contributed by atoms with Crippen LogP contribution in [0.3, 0.4) is 0 Å². The molecule has 66 valence electrons. The molecule has 0 unspecified atom stereocenters. The van der Waals surface area contributed by atoms with E-state index in [0.29, 0.717) is 0 Å². The molecule has 0 radical (unpaired) electrons. The average molecular weight is 165 g/mol. The molecule has 1 aromatic carbocycles. The maximum atomic E-state index is 5.47. The van der Waals surface area contributed by atoms with Crippen LogP contribution in [0.4, 0.5) is 0 Å². The summed E-state index contributed by atoms with van der Waals surface area (Å²) in [7, 11) is 1.95. The van der Waals surface area contributed by atoms with Gasteiger partial charge in [-0.1, -0.05) is 18.2 Å². The van der Waals surface area contributed by atoms with E-state index in [9.17, 15) is 0 Å². The van der Waals surface area contributed by atoms with E-state index in [1.165, 1.54) is 0 Å². The van der Waals surface area contributed by atoms with Crippen LogP contribution in [0.15, 0.2) is 30.3 Å². The average Bonchev–Trinajstić information content (AvgIpc) is 2.14. The Morgan fingerprint density at radius 3 is 2.67 bits per heavy atom. The van der Waals surface area contributed by atoms with Gasteiger partial charge in [0.1, 0.15) is 5.75 Å². The van der Waals surface area contributed by atoms with E-state index in [4.69, 9.17) is 4.74 Å². The summed E-state index contributed by atoms with van der Waals surface area (Å²) < 4.78 is 5.47. The quantitative estimate of drug-likeness (QED) is 0.670. The van der Waals surface area contributed by atoms with Gasteiger partial charge in [-0.05, 0) is 32.1 Å². The molecule has 0 amide bonds. The van der Waals surface area contributed by atoms with Crippen molar-refractivity contribution in [3.8, 4) is 5.75 Å². The van der Waals surface area contributed by atoms with Crippen molar-refractivity contribution in [2.45, 2.75) is 6.42 Å². The fraction of sp³-hybridized carbons (Fsp3) is 0.400. The first-order valence-corrected chi connectivity index (χ1v) is 4.26. The number of ether oxygens (including phenoxy) is 1. The Hall–Kier alpha value is -1.02. The molecule has 1 N–H and O–H groups in total. The largest absolute Gasteiger partial charge is 0.494 e. The Morgan fingerprint density at radius 2 is 2.00 bits per heavy atom. The highest BCUT2D eigenvalue weighted by molar-refractivity contribution is 5.20. The molecule has 0 heterocycles. The first-order chi connectivity index (χ1) is 5.93. The van der Waals surface area contributed by atoms with E-state index in [1.807, 2.05) is 37.4 Å². The molecule has 0 fully saturated rings. The smallest absolute Gasteiger partial charge is 0.119 e. The number of hydrogen-bond acceptors (Lipinski definition) is 2. The fourth-order valence-electron chi connectivity index (χ4n) is 0.956. The second kappa shape index (κ2) is 5.61. The van der Waals surface area contributed by atoms with Gasteiger partial charge < -0.3 is 10.1 Å². The van der Waals surface area contributed by atoms with Gasteiger partial charge in [0.05, 0.1) is 6.61 Å². The summed E-state index contributed by atoms with van der Waals surface area (Å²) in [4.78, 5) is 0. The SMILES string of the molecule is CNCCCOc1ccccc1. The molecular formula is C10H15NO. The summed E-state index contributed by atoms with van der Waals surface area (Å²) in [6.45, 7) is 1.79. The van der Waals surface area contributed by atoms with Crippen molar-refractivity contribution in [2.24, 2.45) is 0 Å². The molecule has 0 saturated heterocycles. The van der Waals surface area contributed by atoms with Crippen LogP contribution < -0.4 is 10.1 Å². The Bertz CT molecular complexity index is 198. The summed E-state index contributed by atoms with van der Waals surface area (Å²) in [6.07, 6.45) is 1.05. The molecule has 0 saturated carbocycles. The molecule has 0 aliphatic carbocycles. The Kier molecular flexibility index (Phi) is 4.24. The van der Waals surface area contributed by atoms with E-state index in [0.717, 1.165) is 25.3 Å². The minimum absolute atomic E-state index is 0.783. The van der Waals surface area contributed by atoms with Gasteiger partial charge in [-0.25, -0.2) is 0 Å². The molecule has 0 aliphatic heterocycles. The van der Waals surface area contributed by atoms with Crippen molar-refractivity contribution in [1.29, 1.82) is 0 Å². The third kappa shape index (κ3) is 3.39. The lowest BCUT2D eigenvalue weighted by Crippen LogP contribution is -2.11. The third-order valence-corrected chi connectivity index (χ3v) is 1.58. The van der Waals surface area contributed by atoms with E-state index in [-0.39, 0.29) is 0 Å². The van der Waals surface area contributed by atoms with Gasteiger partial charge in [-0.15, -0.1) is 0 Å². The van der Waals surface area contributed by atoms with Crippen LogP contribution in [0, 0.1) is 0 Å². The molecule has 0 atom stereocenters. The second-order valence-electron chi connectivity index (χ2n) is 2.62. The topological polar surface area (TPSA) is 21.3 Å². The summed E-state index contributed by atoms with van der Waals surface area (Å²) in [5.41, 5.74) is 0. The second-order valence-corrected chi connectivity index (χ2v) is 2.62. The van der Waals surface area contributed by atoms with Crippen molar-refractivity contribution in [3.05, 3.63) is 30.3 Å². The standard InChI is InChI=1S/C10H15NO/c1-11-8-5-9-12-10-6-3-2-4-7-10/h2-4,6-7,11H,5,8-9H2,1H3. The van der Waals surface area contributed by atoms with E-state index >= 15 is 0 Å². The molecule has 0 bridgehead atoms. The number of hydrogen-bond donors (Lipinski definition) is 1. The highest BCUT2D eigenvalue weighted by Gasteiger charge is 1.89. The maximum absolute atomic E-state index is 5.47. The predicted octanol–water partition coefficient (Wildman–Crippen LogP) is 1.67. The van der Waals surface area contributed by atoms with E-state index in [2.05, 4.69) is 5.32 Å². The van der Waals surface area contributed by atoms with Gasteiger partial charge in [0, 0.05) is 0 Å². The van der Waals surface area contributed by atoms with Gasteiger partial charge >= 0.3 is 0 Å². The van der Waals surface area contributed by atoms with Crippen LogP contribution in [-0.2, 0) is 0 Å². The van der Waals surface area contributed by atoms with Gasteiger partial charge in [0.15, 0.2) is 0 Å². The first kappa shape index (κ1) is 9.07. The van der Waals surface area contributed by atoms with E-state index in [1.54, 1.807) is 0 Å². The van der Waals surface area contributed by atoms with Crippen LogP contribution in [-0.4, -0.2) is 20.2 Å². The highest BCUT2D eigenvalue weighted by Crippen LogP contribution is 2.07. The lowest BCUT2D eigenvalue weighted by Gasteiger charge is -2.04. The molecule has 0 aromatic heterocycles. The molecule has 2 heteroatoms. The molecule has 1 rings (SSSR count). The van der Waals surface area contributed by atoms with E-state index < -0.39 is 0 Å². The van der Waals surface area contributed by atoms with Gasteiger partial charge in [0.2, 0.25) is 0 Å². The summed E-state index contributed by atoms with van der Waals surface area (Å²) in [5.74, 6) is 0.952. The number of para-hydroxylation sites is 1. The molecular weight excluding hydrogens is 150 g/mol. The number of nitrogens with one attached hydrogen (secondary N) is 1. The summed E-state index contributed by atoms with van der Waals surface area (Å²) in [5, 5.41) is 3.07. The maximum Gasteiger partial charge on any atom is 0.119 e. The number of rotatable bonds is 5. The fourth-order valence-corrected chi connectivity index (χ4v) is 0.956.